The Morgan fingerprint density at radius 2 is 2.04 bits per heavy atom. The number of carboxylic acids is 1. The zero-order valence-corrected chi connectivity index (χ0v) is 15.4. The summed E-state index contributed by atoms with van der Waals surface area (Å²) in [4.78, 5) is 36.4. The second-order valence-corrected chi connectivity index (χ2v) is 7.12. The van der Waals surface area contributed by atoms with E-state index in [4.69, 9.17) is 0 Å². The van der Waals surface area contributed by atoms with Crippen LogP contribution in [0, 0.1) is 5.92 Å². The number of nitrogens with zero attached hydrogens (tertiary/aromatic N) is 4. The fourth-order valence-corrected chi connectivity index (χ4v) is 3.13. The number of pyridine rings is 1. The lowest BCUT2D eigenvalue weighted by Crippen LogP contribution is -2.50. The highest BCUT2D eigenvalue weighted by atomic mass is 16.4. The molecule has 1 saturated heterocycles. The van der Waals surface area contributed by atoms with Gasteiger partial charge in [-0.1, -0.05) is 13.8 Å². The van der Waals surface area contributed by atoms with Gasteiger partial charge in [-0.15, -0.1) is 0 Å². The molecule has 7 nitrogen and oxygen atoms in total. The van der Waals surface area contributed by atoms with Crippen LogP contribution in [0.3, 0.4) is 0 Å². The van der Waals surface area contributed by atoms with Gasteiger partial charge in [0.1, 0.15) is 5.69 Å². The summed E-state index contributed by atoms with van der Waals surface area (Å²) in [6.07, 6.45) is 5.30. The largest absolute Gasteiger partial charge is 0.479 e. The van der Waals surface area contributed by atoms with Crippen molar-refractivity contribution >= 4 is 23.8 Å². The zero-order valence-electron chi connectivity index (χ0n) is 15.4. The average molecular weight is 358 g/mol. The molecule has 1 aromatic rings. The Labute approximate surface area is 153 Å². The number of hydrogen-bond acceptors (Lipinski definition) is 5. The van der Waals surface area contributed by atoms with Gasteiger partial charge < -0.3 is 14.9 Å². The van der Waals surface area contributed by atoms with E-state index in [1.54, 1.807) is 12.4 Å². The third-order valence-electron chi connectivity index (χ3n) is 5.34. The Kier molecular flexibility index (Phi) is 5.25. The highest BCUT2D eigenvalue weighted by Gasteiger charge is 2.50. The average Bonchev–Trinajstić information content (AvgIpc) is 3.47. The summed E-state index contributed by atoms with van der Waals surface area (Å²) >= 11 is 0. The van der Waals surface area contributed by atoms with E-state index in [2.05, 4.69) is 14.9 Å². The number of aromatic nitrogens is 1. The number of amides is 1. The number of anilines is 1. The molecule has 0 radical (unpaired) electrons. The van der Waals surface area contributed by atoms with Gasteiger partial charge in [-0.25, -0.2) is 4.79 Å². The fourth-order valence-electron chi connectivity index (χ4n) is 3.13. The molecule has 1 saturated carbocycles. The second-order valence-electron chi connectivity index (χ2n) is 7.12. The van der Waals surface area contributed by atoms with Gasteiger partial charge in [0.2, 0.25) is 5.91 Å². The number of carbonyl (C=O) groups excluding carboxylic acids is 1. The Hall–Kier alpha value is -2.44. The van der Waals surface area contributed by atoms with Crippen LogP contribution in [0.4, 0.5) is 5.69 Å². The predicted octanol–water partition coefficient (Wildman–Crippen LogP) is 1.81. The first-order valence-electron chi connectivity index (χ1n) is 9.24. The second kappa shape index (κ2) is 7.43. The van der Waals surface area contributed by atoms with E-state index < -0.39 is 11.5 Å². The molecule has 1 atom stereocenters. The summed E-state index contributed by atoms with van der Waals surface area (Å²) in [6.45, 7) is 6.85. The number of piperazine rings is 1. The Morgan fingerprint density at radius 1 is 1.35 bits per heavy atom. The van der Waals surface area contributed by atoms with Crippen LogP contribution in [-0.4, -0.2) is 64.8 Å². The first-order valence-corrected chi connectivity index (χ1v) is 9.24. The first-order chi connectivity index (χ1) is 12.5. The maximum absolute atomic E-state index is 12.3. The van der Waals surface area contributed by atoms with Crippen molar-refractivity contribution in [3.8, 4) is 0 Å². The Balaban J connectivity index is 1.69. The minimum absolute atomic E-state index is 0.0633. The lowest BCUT2D eigenvalue weighted by molar-refractivity contribution is -0.139. The smallest absolute Gasteiger partial charge is 0.331 e. The van der Waals surface area contributed by atoms with E-state index >= 15 is 0 Å². The third-order valence-corrected chi connectivity index (χ3v) is 5.34. The van der Waals surface area contributed by atoms with Crippen molar-refractivity contribution in [1.29, 1.82) is 0 Å². The summed E-state index contributed by atoms with van der Waals surface area (Å²) < 4.78 is 0. The molecule has 3 rings (SSSR count). The number of rotatable bonds is 6. The maximum Gasteiger partial charge on any atom is 0.331 e. The van der Waals surface area contributed by atoms with E-state index in [0.717, 1.165) is 25.2 Å². The van der Waals surface area contributed by atoms with Crippen LogP contribution in [0.15, 0.2) is 23.3 Å². The summed E-state index contributed by atoms with van der Waals surface area (Å²) in [5, 5.41) is 9.26. The summed E-state index contributed by atoms with van der Waals surface area (Å²) in [5.41, 5.74) is 0.672. The molecule has 7 heteroatoms. The van der Waals surface area contributed by atoms with Crippen LogP contribution in [0.5, 0.6) is 0 Å². The molecule has 2 fully saturated rings. The van der Waals surface area contributed by atoms with Crippen molar-refractivity contribution in [3.05, 3.63) is 24.0 Å². The van der Waals surface area contributed by atoms with Crippen LogP contribution in [0.25, 0.3) is 0 Å². The quantitative estimate of drug-likeness (QED) is 0.784. The minimum atomic E-state index is -0.948. The van der Waals surface area contributed by atoms with Gasteiger partial charge in [-0.2, -0.15) is 0 Å². The number of carbonyl (C=O) groups is 2. The molecule has 2 aliphatic rings. The van der Waals surface area contributed by atoms with E-state index in [0.29, 0.717) is 31.6 Å². The number of hydrogen-bond donors (Lipinski definition) is 1. The normalized spacial score (nSPS) is 20.2. The maximum atomic E-state index is 12.3. The molecular weight excluding hydrogens is 332 g/mol. The van der Waals surface area contributed by atoms with E-state index in [-0.39, 0.29) is 11.8 Å². The van der Waals surface area contributed by atoms with Gasteiger partial charge in [0, 0.05) is 38.3 Å². The Bertz CT molecular complexity index is 706. The van der Waals surface area contributed by atoms with Crippen LogP contribution in [0.1, 0.15) is 38.8 Å². The van der Waals surface area contributed by atoms with Gasteiger partial charge in [-0.05, 0) is 31.4 Å². The SMILES string of the molecule is CCC(C)C(=O)N1CCN(c2cccnc2C=NC2(C(=O)O)CC2)CC1. The van der Waals surface area contributed by atoms with Crippen molar-refractivity contribution in [2.45, 2.75) is 38.6 Å². The van der Waals surface area contributed by atoms with E-state index in [9.17, 15) is 14.7 Å². The predicted molar refractivity (Wildman–Crippen MR) is 99.7 cm³/mol. The number of aliphatic imine (C=N–C) groups is 1. The molecule has 2 heterocycles. The van der Waals surface area contributed by atoms with Crippen molar-refractivity contribution in [1.82, 2.24) is 9.88 Å². The van der Waals surface area contributed by atoms with Crippen LogP contribution in [0.2, 0.25) is 0 Å². The molecule has 0 aromatic carbocycles. The zero-order chi connectivity index (χ0) is 18.7. The highest BCUT2D eigenvalue weighted by molar-refractivity contribution is 5.90. The van der Waals surface area contributed by atoms with E-state index in [1.807, 2.05) is 30.9 Å². The Morgan fingerprint density at radius 3 is 2.62 bits per heavy atom. The molecule has 26 heavy (non-hydrogen) atoms. The molecule has 1 aliphatic carbocycles. The minimum Gasteiger partial charge on any atom is -0.479 e. The highest BCUT2D eigenvalue weighted by Crippen LogP contribution is 2.40. The lowest BCUT2D eigenvalue weighted by atomic mass is 10.1. The fraction of sp³-hybridized carbons (Fsp3) is 0.579. The van der Waals surface area contributed by atoms with Gasteiger partial charge in [0.15, 0.2) is 5.54 Å². The molecule has 1 unspecified atom stereocenters. The van der Waals surface area contributed by atoms with Crippen molar-refractivity contribution < 1.29 is 14.7 Å². The summed E-state index contributed by atoms with van der Waals surface area (Å²) in [6, 6.07) is 3.84. The van der Waals surface area contributed by atoms with Gasteiger partial charge in [-0.3, -0.25) is 14.8 Å². The van der Waals surface area contributed by atoms with Gasteiger partial charge in [0.05, 0.1) is 11.9 Å². The van der Waals surface area contributed by atoms with Crippen LogP contribution in [-0.2, 0) is 9.59 Å². The molecule has 1 aliphatic heterocycles. The summed E-state index contributed by atoms with van der Waals surface area (Å²) in [7, 11) is 0. The van der Waals surface area contributed by atoms with Crippen LogP contribution < -0.4 is 4.90 Å². The van der Waals surface area contributed by atoms with Crippen molar-refractivity contribution in [3.63, 3.8) is 0 Å². The molecule has 1 N–H and O–H groups in total. The van der Waals surface area contributed by atoms with Crippen molar-refractivity contribution in [2.24, 2.45) is 10.9 Å². The van der Waals surface area contributed by atoms with Crippen molar-refractivity contribution in [2.75, 3.05) is 31.1 Å². The molecule has 1 aromatic heterocycles. The van der Waals surface area contributed by atoms with E-state index in [1.165, 1.54) is 0 Å². The third kappa shape index (κ3) is 3.71. The van der Waals surface area contributed by atoms with Gasteiger partial charge in [0.25, 0.3) is 0 Å². The molecule has 140 valence electrons. The molecule has 0 bridgehead atoms. The standard InChI is InChI=1S/C19H26N4O3/c1-3-14(2)17(24)23-11-9-22(10-12-23)16-5-4-8-20-15(16)13-21-19(6-7-19)18(25)26/h4-5,8,13-14H,3,6-7,9-12H2,1-2H3,(H,25,26). The summed E-state index contributed by atoms with van der Waals surface area (Å²) in [5.74, 6) is -0.589. The van der Waals surface area contributed by atoms with Gasteiger partial charge >= 0.3 is 5.97 Å². The van der Waals surface area contributed by atoms with Crippen LogP contribution >= 0.6 is 0 Å². The number of carboxylic acid groups (broad SMARTS) is 1. The molecular formula is C19H26N4O3. The topological polar surface area (TPSA) is 86.1 Å². The lowest BCUT2D eigenvalue weighted by Gasteiger charge is -2.37. The monoisotopic (exact) mass is 358 g/mol. The first kappa shape index (κ1) is 18.4. The molecule has 1 amide bonds. The molecule has 0 spiro atoms. The number of aliphatic carboxylic acids is 1.